The standard InChI is InChI=1S/C22H30N4O2/c1-15(2)21(27)23-18-11-12-26(14-18)22(28)20-13-19(24-25-20)16(3)9-10-17-7-5-4-6-8-17/h4-8,13,15-16,18H,9-12,14H2,1-3H3,(H,23,27)(H,24,25). The zero-order chi connectivity index (χ0) is 20.1. The Labute approximate surface area is 166 Å². The molecule has 1 aliphatic heterocycles. The lowest BCUT2D eigenvalue weighted by Gasteiger charge is -2.17. The van der Waals surface area contributed by atoms with Crippen LogP contribution in [0.15, 0.2) is 36.4 Å². The molecule has 0 spiro atoms. The Bertz CT molecular complexity index is 800. The minimum Gasteiger partial charge on any atom is -0.351 e. The van der Waals surface area contributed by atoms with E-state index in [0.29, 0.717) is 24.7 Å². The fourth-order valence-electron chi connectivity index (χ4n) is 3.47. The molecule has 0 saturated carbocycles. The van der Waals surface area contributed by atoms with E-state index in [9.17, 15) is 9.59 Å². The summed E-state index contributed by atoms with van der Waals surface area (Å²) in [6.45, 7) is 7.09. The molecule has 1 aromatic heterocycles. The predicted molar refractivity (Wildman–Crippen MR) is 109 cm³/mol. The van der Waals surface area contributed by atoms with Crippen LogP contribution < -0.4 is 5.32 Å². The molecule has 3 rings (SSSR count). The molecule has 2 unspecified atom stereocenters. The molecule has 2 atom stereocenters. The van der Waals surface area contributed by atoms with Gasteiger partial charge in [-0.3, -0.25) is 14.7 Å². The van der Waals surface area contributed by atoms with Crippen LogP contribution in [-0.4, -0.2) is 46.0 Å². The average Bonchev–Trinajstić information content (AvgIpc) is 3.36. The lowest BCUT2D eigenvalue weighted by Crippen LogP contribution is -2.40. The van der Waals surface area contributed by atoms with Gasteiger partial charge in [-0.15, -0.1) is 0 Å². The molecule has 28 heavy (non-hydrogen) atoms. The number of aromatic nitrogens is 2. The highest BCUT2D eigenvalue weighted by molar-refractivity contribution is 5.92. The predicted octanol–water partition coefficient (Wildman–Crippen LogP) is 3.13. The van der Waals surface area contributed by atoms with Crippen molar-refractivity contribution in [3.63, 3.8) is 0 Å². The SMILES string of the molecule is CC(C)C(=O)NC1CCN(C(=O)c2cc(C(C)CCc3ccccc3)[nH]n2)C1. The molecule has 2 amide bonds. The van der Waals surface area contributed by atoms with Crippen LogP contribution in [0.5, 0.6) is 0 Å². The normalized spacial score (nSPS) is 17.7. The highest BCUT2D eigenvalue weighted by Crippen LogP contribution is 2.21. The first-order chi connectivity index (χ1) is 13.4. The Morgan fingerprint density at radius 3 is 2.71 bits per heavy atom. The number of carbonyl (C=O) groups excluding carboxylic acids is 2. The lowest BCUT2D eigenvalue weighted by molar-refractivity contribution is -0.124. The fraction of sp³-hybridized carbons (Fsp3) is 0.500. The van der Waals surface area contributed by atoms with E-state index in [1.807, 2.05) is 26.0 Å². The molecule has 0 aliphatic carbocycles. The summed E-state index contributed by atoms with van der Waals surface area (Å²) < 4.78 is 0. The third-order valence-electron chi connectivity index (χ3n) is 5.40. The van der Waals surface area contributed by atoms with Crippen LogP contribution in [0, 0.1) is 5.92 Å². The number of amides is 2. The summed E-state index contributed by atoms with van der Waals surface area (Å²) in [5.41, 5.74) is 2.76. The van der Waals surface area contributed by atoms with E-state index in [-0.39, 0.29) is 23.8 Å². The van der Waals surface area contributed by atoms with Gasteiger partial charge in [-0.05, 0) is 36.8 Å². The van der Waals surface area contributed by atoms with Gasteiger partial charge in [0.25, 0.3) is 5.91 Å². The van der Waals surface area contributed by atoms with Crippen LogP contribution >= 0.6 is 0 Å². The maximum Gasteiger partial charge on any atom is 0.274 e. The molecular formula is C22H30N4O2. The van der Waals surface area contributed by atoms with Gasteiger partial charge < -0.3 is 10.2 Å². The van der Waals surface area contributed by atoms with Crippen LogP contribution in [-0.2, 0) is 11.2 Å². The van der Waals surface area contributed by atoms with Crippen LogP contribution in [0.3, 0.4) is 0 Å². The van der Waals surface area contributed by atoms with E-state index in [0.717, 1.165) is 25.0 Å². The van der Waals surface area contributed by atoms with E-state index < -0.39 is 0 Å². The zero-order valence-electron chi connectivity index (χ0n) is 16.9. The first-order valence-corrected chi connectivity index (χ1v) is 10.1. The summed E-state index contributed by atoms with van der Waals surface area (Å²) in [6, 6.07) is 12.3. The van der Waals surface area contributed by atoms with Crippen molar-refractivity contribution in [1.29, 1.82) is 0 Å². The van der Waals surface area contributed by atoms with Crippen molar-refractivity contribution < 1.29 is 9.59 Å². The van der Waals surface area contributed by atoms with Crippen LogP contribution in [0.4, 0.5) is 0 Å². The third kappa shape index (κ3) is 5.00. The van der Waals surface area contributed by atoms with E-state index >= 15 is 0 Å². The van der Waals surface area contributed by atoms with Crippen molar-refractivity contribution in [2.45, 2.75) is 52.0 Å². The topological polar surface area (TPSA) is 78.1 Å². The number of H-pyrrole nitrogens is 1. The number of hydrogen-bond acceptors (Lipinski definition) is 3. The Morgan fingerprint density at radius 1 is 1.25 bits per heavy atom. The van der Waals surface area contributed by atoms with E-state index in [1.165, 1.54) is 5.56 Å². The Balaban J connectivity index is 1.53. The molecule has 1 saturated heterocycles. The summed E-state index contributed by atoms with van der Waals surface area (Å²) in [4.78, 5) is 26.4. The number of nitrogens with one attached hydrogen (secondary N) is 2. The van der Waals surface area contributed by atoms with Gasteiger partial charge >= 0.3 is 0 Å². The second-order valence-corrected chi connectivity index (χ2v) is 8.03. The molecule has 6 heteroatoms. The number of hydrogen-bond donors (Lipinski definition) is 2. The highest BCUT2D eigenvalue weighted by atomic mass is 16.2. The molecule has 150 valence electrons. The largest absolute Gasteiger partial charge is 0.351 e. The van der Waals surface area contributed by atoms with Crippen molar-refractivity contribution in [2.24, 2.45) is 5.92 Å². The molecule has 2 N–H and O–H groups in total. The number of benzene rings is 1. The molecule has 0 bridgehead atoms. The number of aromatic amines is 1. The van der Waals surface area contributed by atoms with Crippen molar-refractivity contribution in [3.8, 4) is 0 Å². The van der Waals surface area contributed by atoms with Gasteiger partial charge in [0.1, 0.15) is 5.69 Å². The Morgan fingerprint density at radius 2 is 2.00 bits per heavy atom. The zero-order valence-corrected chi connectivity index (χ0v) is 16.9. The first-order valence-electron chi connectivity index (χ1n) is 10.1. The smallest absolute Gasteiger partial charge is 0.274 e. The minimum atomic E-state index is -0.0703. The molecule has 1 fully saturated rings. The molecule has 0 radical (unpaired) electrons. The van der Waals surface area contributed by atoms with Gasteiger partial charge in [-0.2, -0.15) is 5.10 Å². The third-order valence-corrected chi connectivity index (χ3v) is 5.40. The molecular weight excluding hydrogens is 352 g/mol. The van der Waals surface area contributed by atoms with Crippen molar-refractivity contribution >= 4 is 11.8 Å². The minimum absolute atomic E-state index is 0.0297. The first kappa shape index (κ1) is 20.1. The quantitative estimate of drug-likeness (QED) is 0.772. The number of carbonyl (C=O) groups is 2. The monoisotopic (exact) mass is 382 g/mol. The van der Waals surface area contributed by atoms with E-state index in [4.69, 9.17) is 0 Å². The summed E-state index contributed by atoms with van der Waals surface area (Å²) in [5.74, 6) is 0.217. The van der Waals surface area contributed by atoms with Gasteiger partial charge in [0.2, 0.25) is 5.91 Å². The maximum atomic E-state index is 12.8. The second kappa shape index (κ2) is 9.04. The van der Waals surface area contributed by atoms with Crippen LogP contribution in [0.1, 0.15) is 61.3 Å². The van der Waals surface area contributed by atoms with Gasteiger partial charge in [0, 0.05) is 30.7 Å². The molecule has 6 nitrogen and oxygen atoms in total. The van der Waals surface area contributed by atoms with Crippen LogP contribution in [0.2, 0.25) is 0 Å². The summed E-state index contributed by atoms with van der Waals surface area (Å²) in [5, 5.41) is 10.3. The van der Waals surface area contributed by atoms with Gasteiger partial charge in [-0.1, -0.05) is 51.1 Å². The second-order valence-electron chi connectivity index (χ2n) is 8.03. The van der Waals surface area contributed by atoms with Crippen molar-refractivity contribution in [1.82, 2.24) is 20.4 Å². The van der Waals surface area contributed by atoms with Crippen molar-refractivity contribution in [3.05, 3.63) is 53.3 Å². The number of rotatable bonds is 7. The molecule has 2 aromatic rings. The van der Waals surface area contributed by atoms with E-state index in [1.54, 1.807) is 4.90 Å². The Hall–Kier alpha value is -2.63. The number of aryl methyl sites for hydroxylation is 1. The average molecular weight is 383 g/mol. The summed E-state index contributed by atoms with van der Waals surface area (Å²) in [6.07, 6.45) is 2.77. The highest BCUT2D eigenvalue weighted by Gasteiger charge is 2.29. The Kier molecular flexibility index (Phi) is 6.49. The maximum absolute atomic E-state index is 12.8. The van der Waals surface area contributed by atoms with Gasteiger partial charge in [0.15, 0.2) is 0 Å². The van der Waals surface area contributed by atoms with E-state index in [2.05, 4.69) is 46.7 Å². The molecule has 1 aromatic carbocycles. The molecule has 2 heterocycles. The van der Waals surface area contributed by atoms with Gasteiger partial charge in [-0.25, -0.2) is 0 Å². The number of likely N-dealkylation sites (tertiary alicyclic amines) is 1. The summed E-state index contributed by atoms with van der Waals surface area (Å²) in [7, 11) is 0. The number of nitrogens with zero attached hydrogens (tertiary/aromatic N) is 2. The lowest BCUT2D eigenvalue weighted by atomic mass is 9.98. The molecule has 1 aliphatic rings. The van der Waals surface area contributed by atoms with Gasteiger partial charge in [0.05, 0.1) is 0 Å². The summed E-state index contributed by atoms with van der Waals surface area (Å²) >= 11 is 0. The van der Waals surface area contributed by atoms with Crippen LogP contribution in [0.25, 0.3) is 0 Å². The fourth-order valence-corrected chi connectivity index (χ4v) is 3.47. The van der Waals surface area contributed by atoms with Crippen molar-refractivity contribution in [2.75, 3.05) is 13.1 Å².